The summed E-state index contributed by atoms with van der Waals surface area (Å²) in [5.41, 5.74) is 0. The van der Waals surface area contributed by atoms with Gasteiger partial charge in [0.05, 0.1) is 6.04 Å². The van der Waals surface area contributed by atoms with Crippen LogP contribution in [-0.2, 0) is 4.79 Å². The van der Waals surface area contributed by atoms with E-state index in [0.717, 1.165) is 6.42 Å². The van der Waals surface area contributed by atoms with Crippen LogP contribution in [0.25, 0.3) is 0 Å². The summed E-state index contributed by atoms with van der Waals surface area (Å²) in [5.74, 6) is -0.938. The van der Waals surface area contributed by atoms with Crippen molar-refractivity contribution in [2.45, 2.75) is 24.9 Å². The largest absolute Gasteiger partial charge is 0.480 e. The Balaban J connectivity index is 1.66. The maximum Gasteiger partial charge on any atom is 0.326 e. The molecule has 0 saturated carbocycles. The number of nitrogens with zero attached hydrogens (tertiary/aromatic N) is 3. The van der Waals surface area contributed by atoms with Gasteiger partial charge in [-0.05, 0) is 12.8 Å². The molecule has 0 aliphatic carbocycles. The van der Waals surface area contributed by atoms with Gasteiger partial charge in [-0.1, -0.05) is 0 Å². The Bertz CT molecular complexity index is 455. The van der Waals surface area contributed by atoms with Crippen molar-refractivity contribution in [2.75, 3.05) is 32.7 Å². The lowest BCUT2D eigenvalue weighted by Gasteiger charge is -2.38. The summed E-state index contributed by atoms with van der Waals surface area (Å²) in [5, 5.41) is 11.9. The van der Waals surface area contributed by atoms with E-state index in [9.17, 15) is 14.4 Å². The number of carboxylic acids is 1. The Kier molecular flexibility index (Phi) is 3.15. The van der Waals surface area contributed by atoms with Gasteiger partial charge >= 0.3 is 18.0 Å². The van der Waals surface area contributed by atoms with E-state index in [4.69, 9.17) is 5.11 Å². The molecular formula is C12H18N4O4. The van der Waals surface area contributed by atoms with Crippen LogP contribution in [0.3, 0.4) is 0 Å². The number of nitrogens with one attached hydrogen (secondary N) is 1. The number of carbonyl (C=O) groups excluding carboxylic acids is 2. The van der Waals surface area contributed by atoms with Gasteiger partial charge in [-0.15, -0.1) is 0 Å². The number of amides is 4. The van der Waals surface area contributed by atoms with Crippen molar-refractivity contribution in [3.05, 3.63) is 0 Å². The minimum atomic E-state index is -0.938. The Morgan fingerprint density at radius 3 is 2.80 bits per heavy atom. The van der Waals surface area contributed by atoms with Gasteiger partial charge in [0.1, 0.15) is 6.04 Å². The second kappa shape index (κ2) is 4.84. The van der Waals surface area contributed by atoms with Crippen LogP contribution in [0.15, 0.2) is 0 Å². The second-order valence-electron chi connectivity index (χ2n) is 5.45. The molecule has 110 valence electrons. The van der Waals surface area contributed by atoms with E-state index in [2.05, 4.69) is 5.32 Å². The molecule has 0 spiro atoms. The zero-order chi connectivity index (χ0) is 14.3. The predicted octanol–water partition coefficient (Wildman–Crippen LogP) is -0.635. The summed E-state index contributed by atoms with van der Waals surface area (Å²) in [4.78, 5) is 40.0. The number of piperazine rings is 1. The summed E-state index contributed by atoms with van der Waals surface area (Å²) < 4.78 is 0. The van der Waals surface area contributed by atoms with Crippen LogP contribution in [0.5, 0.6) is 0 Å². The van der Waals surface area contributed by atoms with Crippen LogP contribution >= 0.6 is 0 Å². The van der Waals surface area contributed by atoms with Gasteiger partial charge < -0.3 is 25.1 Å². The Hall–Kier alpha value is -1.99. The molecule has 3 saturated heterocycles. The van der Waals surface area contributed by atoms with Crippen molar-refractivity contribution < 1.29 is 19.5 Å². The Labute approximate surface area is 116 Å². The highest BCUT2D eigenvalue weighted by Gasteiger charge is 2.41. The van der Waals surface area contributed by atoms with Crippen molar-refractivity contribution in [1.29, 1.82) is 0 Å². The molecule has 8 heteroatoms. The average molecular weight is 282 g/mol. The maximum atomic E-state index is 12.4. The van der Waals surface area contributed by atoms with Crippen LogP contribution < -0.4 is 5.32 Å². The average Bonchev–Trinajstić information content (AvgIpc) is 3.05. The standard InChI is InChI=1S/C12H18N4O4/c17-10(18)9-2-1-3-16(9)12(20)14-4-5-15-8(7-14)6-13-11(15)19/h8-9H,1-7H2,(H,13,19)(H,17,18)/t8?,9-/m1/s1. The van der Waals surface area contributed by atoms with Gasteiger partial charge in [0.25, 0.3) is 0 Å². The third-order valence-electron chi connectivity index (χ3n) is 4.29. The summed E-state index contributed by atoms with van der Waals surface area (Å²) >= 11 is 0. The molecule has 3 fully saturated rings. The van der Waals surface area contributed by atoms with Gasteiger partial charge in [-0.3, -0.25) is 0 Å². The molecule has 0 aromatic heterocycles. The maximum absolute atomic E-state index is 12.4. The van der Waals surface area contributed by atoms with E-state index in [1.807, 2.05) is 0 Å². The molecular weight excluding hydrogens is 264 g/mol. The Morgan fingerprint density at radius 1 is 1.25 bits per heavy atom. The minimum Gasteiger partial charge on any atom is -0.480 e. The summed E-state index contributed by atoms with van der Waals surface area (Å²) in [6.45, 7) is 2.49. The topological polar surface area (TPSA) is 93.2 Å². The molecule has 20 heavy (non-hydrogen) atoms. The first-order valence-corrected chi connectivity index (χ1v) is 6.91. The molecule has 2 N–H and O–H groups in total. The van der Waals surface area contributed by atoms with E-state index in [0.29, 0.717) is 39.1 Å². The van der Waals surface area contributed by atoms with Crippen LogP contribution in [0, 0.1) is 0 Å². The van der Waals surface area contributed by atoms with Crippen molar-refractivity contribution >= 4 is 18.0 Å². The number of carbonyl (C=O) groups is 3. The highest BCUT2D eigenvalue weighted by molar-refractivity contribution is 5.84. The van der Waals surface area contributed by atoms with Crippen LogP contribution in [0.1, 0.15) is 12.8 Å². The van der Waals surface area contributed by atoms with Gasteiger partial charge in [-0.2, -0.15) is 0 Å². The number of urea groups is 2. The molecule has 3 heterocycles. The monoisotopic (exact) mass is 282 g/mol. The van der Waals surface area contributed by atoms with Gasteiger partial charge in [0.2, 0.25) is 0 Å². The summed E-state index contributed by atoms with van der Waals surface area (Å²) in [6, 6.07) is -0.990. The normalized spacial score (nSPS) is 29.4. The lowest BCUT2D eigenvalue weighted by Crippen LogP contribution is -2.57. The van der Waals surface area contributed by atoms with Crippen LogP contribution in [-0.4, -0.2) is 82.6 Å². The molecule has 0 bridgehead atoms. The van der Waals surface area contributed by atoms with E-state index in [1.54, 1.807) is 9.80 Å². The quantitative estimate of drug-likeness (QED) is 0.669. The molecule has 8 nitrogen and oxygen atoms in total. The first-order chi connectivity index (χ1) is 9.58. The third kappa shape index (κ3) is 2.04. The number of carboxylic acid groups (broad SMARTS) is 1. The minimum absolute atomic E-state index is 0.00563. The first-order valence-electron chi connectivity index (χ1n) is 6.91. The molecule has 2 atom stereocenters. The van der Waals surface area contributed by atoms with Crippen molar-refractivity contribution in [2.24, 2.45) is 0 Å². The lowest BCUT2D eigenvalue weighted by atomic mass is 10.2. The number of fused-ring (bicyclic) bond motifs is 1. The van der Waals surface area contributed by atoms with E-state index < -0.39 is 12.0 Å². The molecule has 3 aliphatic rings. The molecule has 0 aromatic rings. The predicted molar refractivity (Wildman–Crippen MR) is 68.2 cm³/mol. The fourth-order valence-electron chi connectivity index (χ4n) is 3.21. The SMILES string of the molecule is O=C(O)[C@H]1CCCN1C(=O)N1CCN2C(=O)NCC2C1. The number of rotatable bonds is 1. The summed E-state index contributed by atoms with van der Waals surface area (Å²) in [7, 11) is 0. The highest BCUT2D eigenvalue weighted by atomic mass is 16.4. The molecule has 0 radical (unpaired) electrons. The lowest BCUT2D eigenvalue weighted by molar-refractivity contribution is -0.141. The fourth-order valence-corrected chi connectivity index (χ4v) is 3.21. The van der Waals surface area contributed by atoms with Crippen molar-refractivity contribution in [3.63, 3.8) is 0 Å². The molecule has 4 amide bonds. The number of aliphatic carboxylic acids is 1. The van der Waals surface area contributed by atoms with Crippen molar-refractivity contribution in [3.8, 4) is 0 Å². The fraction of sp³-hybridized carbons (Fsp3) is 0.750. The zero-order valence-corrected chi connectivity index (χ0v) is 11.1. The van der Waals surface area contributed by atoms with E-state index in [1.165, 1.54) is 4.90 Å². The highest BCUT2D eigenvalue weighted by Crippen LogP contribution is 2.22. The second-order valence-corrected chi connectivity index (χ2v) is 5.45. The smallest absolute Gasteiger partial charge is 0.326 e. The van der Waals surface area contributed by atoms with Gasteiger partial charge in [0.15, 0.2) is 0 Å². The van der Waals surface area contributed by atoms with Crippen LogP contribution in [0.2, 0.25) is 0 Å². The number of likely N-dealkylation sites (tertiary alicyclic amines) is 1. The summed E-state index contributed by atoms with van der Waals surface area (Å²) in [6.07, 6.45) is 1.25. The molecule has 3 rings (SSSR count). The third-order valence-corrected chi connectivity index (χ3v) is 4.29. The zero-order valence-electron chi connectivity index (χ0n) is 11.1. The molecule has 1 unspecified atom stereocenters. The van der Waals surface area contributed by atoms with Gasteiger partial charge in [0, 0.05) is 32.7 Å². The number of hydrogen-bond acceptors (Lipinski definition) is 3. The van der Waals surface area contributed by atoms with Crippen LogP contribution in [0.4, 0.5) is 9.59 Å². The van der Waals surface area contributed by atoms with E-state index >= 15 is 0 Å². The molecule has 3 aliphatic heterocycles. The van der Waals surface area contributed by atoms with Gasteiger partial charge in [-0.25, -0.2) is 14.4 Å². The van der Waals surface area contributed by atoms with Crippen molar-refractivity contribution in [1.82, 2.24) is 20.0 Å². The molecule has 0 aromatic carbocycles. The first kappa shape index (κ1) is 13.0. The number of hydrogen-bond donors (Lipinski definition) is 2. The Morgan fingerprint density at radius 2 is 2.05 bits per heavy atom. The van der Waals surface area contributed by atoms with E-state index in [-0.39, 0.29) is 18.1 Å².